The number of alkyl carbamates (subject to hydrolysis) is 1. The minimum Gasteiger partial charge on any atom is -0.466 e. The van der Waals surface area contributed by atoms with Gasteiger partial charge in [-0.15, -0.1) is 0 Å². The summed E-state index contributed by atoms with van der Waals surface area (Å²) >= 11 is 0. The van der Waals surface area contributed by atoms with Gasteiger partial charge in [0.15, 0.2) is 0 Å². The Hall–Kier alpha value is -2.82. The van der Waals surface area contributed by atoms with Crippen LogP contribution in [0.4, 0.5) is 4.79 Å². The van der Waals surface area contributed by atoms with Gasteiger partial charge in [-0.25, -0.2) is 17.9 Å². The van der Waals surface area contributed by atoms with Gasteiger partial charge in [0.05, 0.1) is 35.5 Å². The lowest BCUT2D eigenvalue weighted by atomic mass is 10.0. The van der Waals surface area contributed by atoms with E-state index in [1.54, 1.807) is 39.8 Å². The fourth-order valence-electron chi connectivity index (χ4n) is 3.47. The van der Waals surface area contributed by atoms with Crippen molar-refractivity contribution < 1.29 is 27.5 Å². The summed E-state index contributed by atoms with van der Waals surface area (Å²) in [6.07, 6.45) is -0.845. The Labute approximate surface area is 187 Å². The molecule has 2 N–H and O–H groups in total. The molecule has 4 atom stereocenters. The Bertz CT molecular complexity index is 983. The summed E-state index contributed by atoms with van der Waals surface area (Å²) in [7, 11) is -4.05. The zero-order valence-corrected chi connectivity index (χ0v) is 19.5. The Balaban J connectivity index is 2.42. The van der Waals surface area contributed by atoms with Crippen LogP contribution in [0.2, 0.25) is 0 Å². The van der Waals surface area contributed by atoms with E-state index in [-0.39, 0.29) is 17.9 Å². The van der Waals surface area contributed by atoms with Crippen molar-refractivity contribution in [1.82, 2.24) is 10.0 Å². The van der Waals surface area contributed by atoms with Crippen LogP contribution in [0.5, 0.6) is 0 Å². The van der Waals surface area contributed by atoms with Crippen LogP contribution in [0.3, 0.4) is 0 Å². The molecule has 0 aliphatic heterocycles. The molecule has 12 heteroatoms. The number of benzene rings is 1. The van der Waals surface area contributed by atoms with E-state index in [1.807, 2.05) is 6.92 Å². The minimum atomic E-state index is -4.05. The lowest BCUT2D eigenvalue weighted by Gasteiger charge is -2.28. The lowest BCUT2D eigenvalue weighted by Crippen LogP contribution is -2.55. The summed E-state index contributed by atoms with van der Waals surface area (Å²) in [6, 6.07) is 3.08. The van der Waals surface area contributed by atoms with Crippen LogP contribution >= 0.6 is 0 Å². The molecule has 1 amide bonds. The van der Waals surface area contributed by atoms with Crippen molar-refractivity contribution in [2.75, 3.05) is 6.61 Å². The third-order valence-electron chi connectivity index (χ3n) is 4.83. The number of azide groups is 1. The predicted molar refractivity (Wildman–Crippen MR) is 116 cm³/mol. The maximum absolute atomic E-state index is 13.0. The second kappa shape index (κ2) is 10.2. The maximum atomic E-state index is 13.0. The van der Waals surface area contributed by atoms with E-state index in [9.17, 15) is 18.0 Å². The van der Waals surface area contributed by atoms with Crippen LogP contribution in [0.25, 0.3) is 10.4 Å². The summed E-state index contributed by atoms with van der Waals surface area (Å²) < 4.78 is 38.9. The highest BCUT2D eigenvalue weighted by Gasteiger charge is 2.49. The van der Waals surface area contributed by atoms with E-state index >= 15 is 0 Å². The van der Waals surface area contributed by atoms with Gasteiger partial charge in [0, 0.05) is 4.91 Å². The van der Waals surface area contributed by atoms with Crippen molar-refractivity contribution in [3.05, 3.63) is 40.3 Å². The average molecular weight is 468 g/mol. The summed E-state index contributed by atoms with van der Waals surface area (Å²) in [5.74, 6) is -1.58. The number of hydrogen-bond donors (Lipinski definition) is 2. The number of carbonyl (C=O) groups is 2. The number of ether oxygens (including phenoxy) is 2. The summed E-state index contributed by atoms with van der Waals surface area (Å²) in [4.78, 5) is 27.8. The molecule has 0 aromatic heterocycles. The molecule has 176 valence electrons. The summed E-state index contributed by atoms with van der Waals surface area (Å²) in [5.41, 5.74) is 9.05. The van der Waals surface area contributed by atoms with E-state index in [0.717, 1.165) is 5.56 Å². The van der Waals surface area contributed by atoms with E-state index in [0.29, 0.717) is 0 Å². The fraction of sp³-hybridized carbons (Fsp3) is 0.600. The molecular weight excluding hydrogens is 438 g/mol. The zero-order chi connectivity index (χ0) is 24.1. The summed E-state index contributed by atoms with van der Waals surface area (Å²) in [6.45, 7) is 8.56. The second-order valence-electron chi connectivity index (χ2n) is 8.50. The van der Waals surface area contributed by atoms with Crippen molar-refractivity contribution in [3.8, 4) is 0 Å². The largest absolute Gasteiger partial charge is 0.466 e. The Morgan fingerprint density at radius 1 is 1.22 bits per heavy atom. The molecule has 0 heterocycles. The number of nitrogens with one attached hydrogen (secondary N) is 2. The fourth-order valence-corrected chi connectivity index (χ4v) is 4.76. The lowest BCUT2D eigenvalue weighted by molar-refractivity contribution is -0.148. The number of hydrogen-bond acceptors (Lipinski definition) is 7. The molecule has 2 rings (SSSR count). The highest BCUT2D eigenvalue weighted by molar-refractivity contribution is 7.89. The molecule has 0 unspecified atom stereocenters. The quantitative estimate of drug-likeness (QED) is 0.271. The van der Waals surface area contributed by atoms with Gasteiger partial charge in [0.25, 0.3) is 0 Å². The second-order valence-corrected chi connectivity index (χ2v) is 10.2. The molecule has 0 radical (unpaired) electrons. The molecular formula is C20H29N5O6S. The number of carbonyl (C=O) groups excluding carboxylic acids is 2. The summed E-state index contributed by atoms with van der Waals surface area (Å²) in [5, 5.41) is 6.25. The smallest absolute Gasteiger partial charge is 0.407 e. The van der Waals surface area contributed by atoms with Crippen molar-refractivity contribution in [2.24, 2.45) is 11.0 Å². The molecule has 0 spiro atoms. The number of rotatable bonds is 7. The Kier molecular flexibility index (Phi) is 8.11. The zero-order valence-electron chi connectivity index (χ0n) is 18.7. The average Bonchev–Trinajstić information content (AvgIpc) is 2.98. The first-order chi connectivity index (χ1) is 14.9. The molecule has 1 aliphatic carbocycles. The third kappa shape index (κ3) is 6.59. The Morgan fingerprint density at radius 3 is 2.38 bits per heavy atom. The third-order valence-corrected chi connectivity index (χ3v) is 6.30. The number of aryl methyl sites for hydroxylation is 1. The standard InChI is InChI=1S/C20H29N5O6S/c1-6-30-18(26)14-11-15(23-25-21)17(16(14)22-19(27)31-20(3,4)5)24-32(28,29)13-9-7-12(2)8-10-13/h7-10,14-17,24H,6,11H2,1-5H3,(H,22,27)/t14-,15-,16-,17+/m0/s1. The van der Waals surface area contributed by atoms with E-state index in [2.05, 4.69) is 20.1 Å². The number of sulfonamides is 1. The van der Waals surface area contributed by atoms with Gasteiger partial charge in [-0.3, -0.25) is 4.79 Å². The van der Waals surface area contributed by atoms with Crippen LogP contribution in [-0.4, -0.2) is 50.8 Å². The number of esters is 1. The van der Waals surface area contributed by atoms with Crippen LogP contribution < -0.4 is 10.0 Å². The van der Waals surface area contributed by atoms with Gasteiger partial charge in [-0.2, -0.15) is 0 Å². The van der Waals surface area contributed by atoms with E-state index in [1.165, 1.54) is 12.1 Å². The topological polar surface area (TPSA) is 160 Å². The van der Waals surface area contributed by atoms with Gasteiger partial charge in [0.2, 0.25) is 10.0 Å². The molecule has 1 aromatic carbocycles. The predicted octanol–water partition coefficient (Wildman–Crippen LogP) is 2.80. The van der Waals surface area contributed by atoms with Crippen LogP contribution in [0.1, 0.15) is 39.7 Å². The van der Waals surface area contributed by atoms with Gasteiger partial charge < -0.3 is 14.8 Å². The maximum Gasteiger partial charge on any atom is 0.407 e. The Morgan fingerprint density at radius 2 is 1.84 bits per heavy atom. The van der Waals surface area contributed by atoms with Gasteiger partial charge in [-0.05, 0) is 58.7 Å². The highest BCUT2D eigenvalue weighted by atomic mass is 32.2. The van der Waals surface area contributed by atoms with Crippen LogP contribution in [-0.2, 0) is 24.3 Å². The highest BCUT2D eigenvalue weighted by Crippen LogP contribution is 2.32. The van der Waals surface area contributed by atoms with E-state index < -0.39 is 51.7 Å². The SMILES string of the molecule is CCOC(=O)[C@H]1C[C@H](N=[N+]=[N-])[C@@H](NS(=O)(=O)c2ccc(C)cc2)[C@H]1NC(=O)OC(C)(C)C. The molecule has 1 saturated carbocycles. The minimum absolute atomic E-state index is 0.00149. The van der Waals surface area contributed by atoms with Gasteiger partial charge in [0.1, 0.15) is 5.60 Å². The normalized spacial score (nSPS) is 23.2. The van der Waals surface area contributed by atoms with Crippen molar-refractivity contribution in [2.45, 2.75) is 69.7 Å². The number of amides is 1. The van der Waals surface area contributed by atoms with E-state index in [4.69, 9.17) is 15.0 Å². The van der Waals surface area contributed by atoms with Crippen LogP contribution in [0.15, 0.2) is 34.3 Å². The van der Waals surface area contributed by atoms with Crippen molar-refractivity contribution in [1.29, 1.82) is 0 Å². The van der Waals surface area contributed by atoms with Crippen LogP contribution in [0, 0.1) is 12.8 Å². The monoisotopic (exact) mass is 467 g/mol. The first-order valence-electron chi connectivity index (χ1n) is 10.2. The molecule has 0 bridgehead atoms. The molecule has 11 nitrogen and oxygen atoms in total. The first kappa shape index (κ1) is 25.4. The molecule has 1 aliphatic rings. The number of nitrogens with zero attached hydrogens (tertiary/aromatic N) is 3. The van der Waals surface area contributed by atoms with Crippen molar-refractivity contribution >= 4 is 22.1 Å². The van der Waals surface area contributed by atoms with Gasteiger partial charge in [-0.1, -0.05) is 22.8 Å². The van der Waals surface area contributed by atoms with Gasteiger partial charge >= 0.3 is 12.1 Å². The van der Waals surface area contributed by atoms with Crippen molar-refractivity contribution in [3.63, 3.8) is 0 Å². The first-order valence-corrected chi connectivity index (χ1v) is 11.7. The molecule has 0 saturated heterocycles. The molecule has 1 aromatic rings. The molecule has 1 fully saturated rings. The molecule has 32 heavy (non-hydrogen) atoms.